The van der Waals surface area contributed by atoms with Crippen LogP contribution in [-0.2, 0) is 19.0 Å². The van der Waals surface area contributed by atoms with Crippen LogP contribution in [0.15, 0.2) is 27.6 Å². The number of rotatable bonds is 5. The molecule has 1 aromatic rings. The molecule has 0 amide bonds. The topological polar surface area (TPSA) is 156 Å². The summed E-state index contributed by atoms with van der Waals surface area (Å²) >= 11 is 0. The summed E-state index contributed by atoms with van der Waals surface area (Å²) in [7, 11) is 1.42. The standard InChI is InChI=1S/C31H44O10/c1-17-24(34)26(38-3)25(35)27(40-17)41-19-6-11-29(16-32)21-7-10-28(2)20(18-4-5-23(33)39-15-18)9-13-31(28,37)22(21)8-12-30(29,36)14-19/h4-5,15-17,19-22,24-27,34-37H,6-14H2,1-3H3/t17-,19+,20-,21+,22-,24+,25-,26+,27-,28-,29+,30+,31+/m1/s1. The highest BCUT2D eigenvalue weighted by Gasteiger charge is 2.71. The van der Waals surface area contributed by atoms with Gasteiger partial charge in [0.25, 0.3) is 0 Å². The third-order valence-electron chi connectivity index (χ3n) is 12.2. The quantitative estimate of drug-likeness (QED) is 0.302. The first-order valence-corrected chi connectivity index (χ1v) is 15.1. The molecule has 228 valence electrons. The number of hydrogen-bond acceptors (Lipinski definition) is 10. The molecular weight excluding hydrogens is 532 g/mol. The van der Waals surface area contributed by atoms with Crippen LogP contribution in [0.2, 0.25) is 0 Å². The number of fused-ring (bicyclic) bond motifs is 5. The summed E-state index contributed by atoms with van der Waals surface area (Å²) in [5.41, 5.74) is -3.24. The molecule has 6 rings (SSSR count). The number of aldehydes is 1. The lowest BCUT2D eigenvalue weighted by Crippen LogP contribution is -2.69. The van der Waals surface area contributed by atoms with Crippen LogP contribution in [0.5, 0.6) is 0 Å². The Morgan fingerprint density at radius 2 is 1.76 bits per heavy atom. The highest BCUT2D eigenvalue weighted by Crippen LogP contribution is 2.71. The van der Waals surface area contributed by atoms with E-state index in [-0.39, 0.29) is 24.2 Å². The lowest BCUT2D eigenvalue weighted by Gasteiger charge is -2.65. The largest absolute Gasteiger partial charge is 0.431 e. The Hall–Kier alpha value is -1.66. The first kappa shape index (κ1) is 29.4. The Morgan fingerprint density at radius 1 is 1.00 bits per heavy atom. The van der Waals surface area contributed by atoms with Crippen molar-refractivity contribution in [1.29, 1.82) is 0 Å². The average Bonchev–Trinajstić information content (AvgIpc) is 3.23. The van der Waals surface area contributed by atoms with Gasteiger partial charge in [-0.2, -0.15) is 0 Å². The van der Waals surface area contributed by atoms with Crippen molar-refractivity contribution in [3.63, 3.8) is 0 Å². The van der Waals surface area contributed by atoms with Crippen molar-refractivity contribution in [2.45, 2.75) is 126 Å². The second kappa shape index (κ2) is 10.2. The van der Waals surface area contributed by atoms with Crippen molar-refractivity contribution >= 4 is 6.29 Å². The maximum absolute atomic E-state index is 13.0. The van der Waals surface area contributed by atoms with E-state index in [1.165, 1.54) is 19.4 Å². The molecule has 10 heteroatoms. The fraction of sp³-hybridized carbons (Fsp3) is 0.806. The molecule has 1 aromatic heterocycles. The number of hydrogen-bond donors (Lipinski definition) is 4. The van der Waals surface area contributed by atoms with Gasteiger partial charge in [-0.3, -0.25) is 0 Å². The first-order valence-electron chi connectivity index (χ1n) is 15.1. The molecule has 4 aliphatic carbocycles. The Bertz CT molecular complexity index is 1180. The Balaban J connectivity index is 1.23. The van der Waals surface area contributed by atoms with Gasteiger partial charge >= 0.3 is 5.63 Å². The second-order valence-corrected chi connectivity index (χ2v) is 13.7. The van der Waals surface area contributed by atoms with Gasteiger partial charge in [0.15, 0.2) is 6.29 Å². The van der Waals surface area contributed by atoms with Gasteiger partial charge in [-0.05, 0) is 87.7 Å². The molecule has 4 N–H and O–H groups in total. The lowest BCUT2D eigenvalue weighted by atomic mass is 9.41. The minimum absolute atomic E-state index is 0.0358. The summed E-state index contributed by atoms with van der Waals surface area (Å²) in [6.07, 6.45) is 2.15. The molecular formula is C31H44O10. The molecule has 41 heavy (non-hydrogen) atoms. The molecule has 4 saturated carbocycles. The summed E-state index contributed by atoms with van der Waals surface area (Å²) in [4.78, 5) is 24.6. The highest BCUT2D eigenvalue weighted by atomic mass is 16.7. The molecule has 13 atom stereocenters. The highest BCUT2D eigenvalue weighted by molar-refractivity contribution is 5.64. The van der Waals surface area contributed by atoms with E-state index >= 15 is 0 Å². The molecule has 1 saturated heterocycles. The number of methoxy groups -OCH3 is 1. The van der Waals surface area contributed by atoms with Gasteiger partial charge in [0.05, 0.1) is 35.1 Å². The molecule has 5 fully saturated rings. The molecule has 10 nitrogen and oxygen atoms in total. The second-order valence-electron chi connectivity index (χ2n) is 13.7. The number of ether oxygens (including phenoxy) is 3. The van der Waals surface area contributed by atoms with Crippen LogP contribution in [0.1, 0.15) is 83.1 Å². The maximum Gasteiger partial charge on any atom is 0.335 e. The third kappa shape index (κ3) is 4.16. The van der Waals surface area contributed by atoms with Crippen LogP contribution in [0, 0.1) is 22.7 Å². The van der Waals surface area contributed by atoms with Crippen molar-refractivity contribution in [2.24, 2.45) is 22.7 Å². The summed E-state index contributed by atoms with van der Waals surface area (Å²) in [6.45, 7) is 3.82. The minimum Gasteiger partial charge on any atom is -0.431 e. The maximum atomic E-state index is 13.0. The van der Waals surface area contributed by atoms with Crippen LogP contribution in [-0.4, -0.2) is 81.8 Å². The van der Waals surface area contributed by atoms with Crippen LogP contribution in [0.4, 0.5) is 0 Å². The molecule has 2 heterocycles. The fourth-order valence-corrected chi connectivity index (χ4v) is 9.93. The zero-order chi connectivity index (χ0) is 29.4. The Morgan fingerprint density at radius 3 is 2.44 bits per heavy atom. The van der Waals surface area contributed by atoms with Gasteiger partial charge in [-0.1, -0.05) is 6.92 Å². The number of aliphatic hydroxyl groups is 4. The zero-order valence-corrected chi connectivity index (χ0v) is 24.1. The smallest absolute Gasteiger partial charge is 0.335 e. The molecule has 0 bridgehead atoms. The summed E-state index contributed by atoms with van der Waals surface area (Å²) in [5.74, 6) is -0.276. The van der Waals surface area contributed by atoms with E-state index in [0.717, 1.165) is 18.3 Å². The Kier molecular flexibility index (Phi) is 7.33. The zero-order valence-electron chi connectivity index (χ0n) is 24.1. The van der Waals surface area contributed by atoms with Gasteiger partial charge < -0.3 is 43.8 Å². The van der Waals surface area contributed by atoms with Gasteiger partial charge in [-0.25, -0.2) is 4.79 Å². The van der Waals surface area contributed by atoms with Crippen LogP contribution >= 0.6 is 0 Å². The van der Waals surface area contributed by atoms with Gasteiger partial charge in [-0.15, -0.1) is 0 Å². The van der Waals surface area contributed by atoms with Crippen molar-refractivity contribution in [2.75, 3.05) is 7.11 Å². The molecule has 5 aliphatic rings. The Labute approximate surface area is 240 Å². The predicted octanol–water partition coefficient (Wildman–Crippen LogP) is 2.04. The van der Waals surface area contributed by atoms with Crippen molar-refractivity contribution < 1.29 is 43.8 Å². The van der Waals surface area contributed by atoms with E-state index in [9.17, 15) is 30.0 Å². The number of aliphatic hydroxyl groups excluding tert-OH is 2. The molecule has 0 radical (unpaired) electrons. The van der Waals surface area contributed by atoms with E-state index in [1.54, 1.807) is 13.0 Å². The van der Waals surface area contributed by atoms with Crippen LogP contribution in [0.3, 0.4) is 0 Å². The monoisotopic (exact) mass is 576 g/mol. The molecule has 0 aromatic carbocycles. The summed E-state index contributed by atoms with van der Waals surface area (Å²) < 4.78 is 22.4. The summed E-state index contributed by atoms with van der Waals surface area (Å²) in [6, 6.07) is 3.23. The number of carbonyl (C=O) groups is 1. The first-order chi connectivity index (χ1) is 19.4. The van der Waals surface area contributed by atoms with E-state index in [1.807, 2.05) is 0 Å². The average molecular weight is 577 g/mol. The fourth-order valence-electron chi connectivity index (χ4n) is 9.93. The lowest BCUT2D eigenvalue weighted by molar-refractivity contribution is -0.319. The van der Waals surface area contributed by atoms with Crippen LogP contribution < -0.4 is 5.63 Å². The van der Waals surface area contributed by atoms with E-state index in [2.05, 4.69) is 6.92 Å². The van der Waals surface area contributed by atoms with Gasteiger partial charge in [0, 0.05) is 25.0 Å². The van der Waals surface area contributed by atoms with Crippen molar-refractivity contribution in [3.8, 4) is 0 Å². The molecule has 1 aliphatic heterocycles. The van der Waals surface area contributed by atoms with Gasteiger partial charge in [0.2, 0.25) is 0 Å². The van der Waals surface area contributed by atoms with Crippen LogP contribution in [0.25, 0.3) is 0 Å². The molecule has 0 spiro atoms. The SMILES string of the molecule is CO[C@H]1[C@@H](O)[C@@H](C)O[C@H](O[C@H]2CC[C@]3(C=O)[C@H]4CC[C@]5(C)[C@@H](c6ccc(=O)oc6)CC[C@]5(O)[C@@H]4CC[C@]3(O)C2)[C@@H]1O. The number of carbonyl (C=O) groups excluding carboxylic acids is 1. The normalized spacial score (nSPS) is 51.3. The van der Waals surface area contributed by atoms with E-state index in [0.29, 0.717) is 44.9 Å². The predicted molar refractivity (Wildman–Crippen MR) is 145 cm³/mol. The molecule has 0 unspecified atom stereocenters. The van der Waals surface area contributed by atoms with E-state index < -0.39 is 64.5 Å². The van der Waals surface area contributed by atoms with Crippen molar-refractivity contribution in [3.05, 3.63) is 34.4 Å². The van der Waals surface area contributed by atoms with Crippen molar-refractivity contribution in [1.82, 2.24) is 0 Å². The minimum atomic E-state index is -1.31. The summed E-state index contributed by atoms with van der Waals surface area (Å²) in [5, 5.41) is 45.7. The van der Waals surface area contributed by atoms with E-state index in [4.69, 9.17) is 18.6 Å². The third-order valence-corrected chi connectivity index (χ3v) is 12.2. The van der Waals surface area contributed by atoms with Gasteiger partial charge in [0.1, 0.15) is 24.6 Å².